The highest BCUT2D eigenvalue weighted by Gasteiger charge is 2.46. The Bertz CT molecular complexity index is 1530. The van der Waals surface area contributed by atoms with Gasteiger partial charge in [-0.15, -0.1) is 0 Å². The van der Waals surface area contributed by atoms with Crippen molar-refractivity contribution in [3.63, 3.8) is 0 Å². The van der Waals surface area contributed by atoms with Crippen molar-refractivity contribution in [2.45, 2.75) is 13.0 Å². The molecule has 0 spiro atoms. The zero-order valence-electron chi connectivity index (χ0n) is 19.2. The maximum Gasteiger partial charge on any atom is 0.296 e. The Balaban J connectivity index is 1.60. The van der Waals surface area contributed by atoms with E-state index in [1.54, 1.807) is 30.3 Å². The van der Waals surface area contributed by atoms with E-state index < -0.39 is 29.3 Å². The van der Waals surface area contributed by atoms with Gasteiger partial charge in [-0.3, -0.25) is 14.5 Å². The van der Waals surface area contributed by atoms with Crippen LogP contribution in [-0.2, 0) is 9.59 Å². The molecular formula is C28H21FN2O4S. The Morgan fingerprint density at radius 3 is 2.64 bits per heavy atom. The van der Waals surface area contributed by atoms with Gasteiger partial charge < -0.3 is 9.84 Å². The van der Waals surface area contributed by atoms with Crippen molar-refractivity contribution >= 4 is 44.5 Å². The Morgan fingerprint density at radius 1 is 1.14 bits per heavy atom. The Hall–Kier alpha value is -4.30. The molecule has 4 aromatic rings. The second kappa shape index (κ2) is 9.75. The number of ketones is 1. The highest BCUT2D eigenvalue weighted by atomic mass is 32.1. The molecule has 1 N–H and O–H groups in total. The van der Waals surface area contributed by atoms with Crippen LogP contribution in [0.25, 0.3) is 16.3 Å². The van der Waals surface area contributed by atoms with E-state index >= 15 is 4.39 Å². The minimum atomic E-state index is -1.18. The molecule has 5 rings (SSSR count). The van der Waals surface area contributed by atoms with Crippen LogP contribution < -0.4 is 9.64 Å². The van der Waals surface area contributed by atoms with E-state index in [-0.39, 0.29) is 16.3 Å². The van der Waals surface area contributed by atoms with Gasteiger partial charge in [0.25, 0.3) is 5.91 Å². The average molecular weight is 501 g/mol. The van der Waals surface area contributed by atoms with Crippen LogP contribution in [0.2, 0.25) is 0 Å². The lowest BCUT2D eigenvalue weighted by molar-refractivity contribution is -0.117. The minimum Gasteiger partial charge on any atom is -0.503 e. The summed E-state index contributed by atoms with van der Waals surface area (Å²) in [5, 5.41) is 11.1. The first-order valence-corrected chi connectivity index (χ1v) is 12.1. The Labute approximate surface area is 210 Å². The Morgan fingerprint density at radius 2 is 1.89 bits per heavy atom. The summed E-state index contributed by atoms with van der Waals surface area (Å²) in [7, 11) is 0. The van der Waals surface area contributed by atoms with Gasteiger partial charge in [-0.25, -0.2) is 9.37 Å². The zero-order valence-corrected chi connectivity index (χ0v) is 20.0. The molecule has 36 heavy (non-hydrogen) atoms. The Kier molecular flexibility index (Phi) is 6.35. The highest BCUT2D eigenvalue weighted by Crippen LogP contribution is 2.44. The third-order valence-electron chi connectivity index (χ3n) is 5.77. The molecule has 1 aliphatic heterocycles. The van der Waals surface area contributed by atoms with Crippen LogP contribution in [0.3, 0.4) is 0 Å². The van der Waals surface area contributed by atoms with Crippen LogP contribution in [-0.4, -0.2) is 28.4 Å². The molecule has 6 nitrogen and oxygen atoms in total. The molecule has 0 radical (unpaired) electrons. The third-order valence-corrected chi connectivity index (χ3v) is 6.78. The number of fused-ring (bicyclic) bond motifs is 1. The van der Waals surface area contributed by atoms with Crippen LogP contribution in [0.4, 0.5) is 9.52 Å². The number of hydrogen-bond acceptors (Lipinski definition) is 6. The molecule has 1 aromatic heterocycles. The number of ether oxygens (including phenoxy) is 1. The number of amides is 1. The maximum atomic E-state index is 15.0. The quantitative estimate of drug-likeness (QED) is 0.314. The van der Waals surface area contributed by atoms with E-state index in [4.69, 9.17) is 4.74 Å². The normalized spacial score (nSPS) is 15.9. The number of carbonyl (C=O) groups excluding carboxylic acids is 2. The van der Waals surface area contributed by atoms with E-state index in [0.29, 0.717) is 17.9 Å². The van der Waals surface area contributed by atoms with Crippen LogP contribution in [0.1, 0.15) is 24.1 Å². The molecule has 0 saturated heterocycles. The summed E-state index contributed by atoms with van der Waals surface area (Å²) in [6, 6.07) is 19.2. The fraction of sp³-hybridized carbons (Fsp3) is 0.107. The van der Waals surface area contributed by atoms with E-state index in [2.05, 4.69) is 4.98 Å². The first-order chi connectivity index (χ1) is 17.5. The van der Waals surface area contributed by atoms with Gasteiger partial charge in [0.2, 0.25) is 0 Å². The number of halogens is 1. The predicted octanol–water partition coefficient (Wildman–Crippen LogP) is 6.02. The summed E-state index contributed by atoms with van der Waals surface area (Å²) in [6.07, 6.45) is 2.86. The molecule has 0 bridgehead atoms. The van der Waals surface area contributed by atoms with Crippen molar-refractivity contribution in [1.29, 1.82) is 0 Å². The van der Waals surface area contributed by atoms with Gasteiger partial charge in [-0.05, 0) is 42.8 Å². The largest absolute Gasteiger partial charge is 0.503 e. The lowest BCUT2D eigenvalue weighted by Gasteiger charge is -2.24. The molecule has 8 heteroatoms. The van der Waals surface area contributed by atoms with Crippen molar-refractivity contribution in [3.8, 4) is 5.75 Å². The molecule has 0 saturated carbocycles. The van der Waals surface area contributed by atoms with Crippen molar-refractivity contribution in [1.82, 2.24) is 4.98 Å². The standard InChI is InChI=1S/C28H21FN2O4S/c1-2-35-18-13-14-21-23(16-18)36-28(30-21)31-25(19-10-6-7-11-20(19)29)24(26(33)27(31)34)22(32)15-12-17-8-4-3-5-9-17/h3-16,25,33H,2H2,1H3/b15-12+. The number of thiazole rings is 1. The number of aliphatic hydroxyl groups excluding tert-OH is 1. The number of aliphatic hydroxyl groups is 1. The van der Waals surface area contributed by atoms with Gasteiger partial charge in [0, 0.05) is 5.56 Å². The summed E-state index contributed by atoms with van der Waals surface area (Å²) in [4.78, 5) is 32.3. The van der Waals surface area contributed by atoms with Crippen LogP contribution in [0.15, 0.2) is 90.2 Å². The number of aromatic nitrogens is 1. The SMILES string of the molecule is CCOc1ccc2nc(N3C(=O)C(O)=C(C(=O)/C=C/c4ccccc4)C3c3ccccc3F)sc2c1. The molecule has 3 aromatic carbocycles. The second-order valence-corrected chi connectivity index (χ2v) is 9.04. The van der Waals surface area contributed by atoms with Gasteiger partial charge in [0.05, 0.1) is 22.4 Å². The molecule has 1 aliphatic rings. The lowest BCUT2D eigenvalue weighted by atomic mass is 9.95. The predicted molar refractivity (Wildman–Crippen MR) is 138 cm³/mol. The number of benzene rings is 3. The number of anilines is 1. The lowest BCUT2D eigenvalue weighted by Crippen LogP contribution is -2.31. The zero-order chi connectivity index (χ0) is 25.2. The van der Waals surface area contributed by atoms with Crippen molar-refractivity contribution in [2.75, 3.05) is 11.5 Å². The van der Waals surface area contributed by atoms with Gasteiger partial charge in [0.1, 0.15) is 17.6 Å². The molecule has 2 heterocycles. The van der Waals surface area contributed by atoms with Crippen molar-refractivity contribution < 1.29 is 23.8 Å². The van der Waals surface area contributed by atoms with Gasteiger partial charge in [-0.1, -0.05) is 65.9 Å². The van der Waals surface area contributed by atoms with E-state index in [1.807, 2.05) is 37.3 Å². The fourth-order valence-electron chi connectivity index (χ4n) is 4.12. The molecule has 0 aliphatic carbocycles. The number of hydrogen-bond donors (Lipinski definition) is 1. The van der Waals surface area contributed by atoms with E-state index in [0.717, 1.165) is 10.3 Å². The average Bonchev–Trinajstić information content (AvgIpc) is 3.41. The highest BCUT2D eigenvalue weighted by molar-refractivity contribution is 7.22. The summed E-state index contributed by atoms with van der Waals surface area (Å²) in [5.41, 5.74) is 1.26. The monoisotopic (exact) mass is 500 g/mol. The van der Waals surface area contributed by atoms with Gasteiger partial charge in [-0.2, -0.15) is 0 Å². The van der Waals surface area contributed by atoms with Crippen LogP contribution in [0.5, 0.6) is 5.75 Å². The first-order valence-electron chi connectivity index (χ1n) is 11.3. The number of carbonyl (C=O) groups is 2. The number of rotatable bonds is 7. The maximum absolute atomic E-state index is 15.0. The first kappa shape index (κ1) is 23.4. The smallest absolute Gasteiger partial charge is 0.296 e. The molecular weight excluding hydrogens is 479 g/mol. The van der Waals surface area contributed by atoms with Crippen LogP contribution in [0, 0.1) is 5.82 Å². The summed E-state index contributed by atoms with van der Waals surface area (Å²) in [6.45, 7) is 2.38. The molecule has 0 fully saturated rings. The van der Waals surface area contributed by atoms with E-state index in [1.165, 1.54) is 40.5 Å². The summed E-state index contributed by atoms with van der Waals surface area (Å²) in [5.74, 6) is -2.09. The van der Waals surface area contributed by atoms with Crippen molar-refractivity contribution in [2.24, 2.45) is 0 Å². The van der Waals surface area contributed by atoms with E-state index in [9.17, 15) is 14.7 Å². The minimum absolute atomic E-state index is 0.0839. The topological polar surface area (TPSA) is 79.7 Å². The fourth-order valence-corrected chi connectivity index (χ4v) is 5.14. The summed E-state index contributed by atoms with van der Waals surface area (Å²) >= 11 is 1.19. The van der Waals surface area contributed by atoms with Crippen molar-refractivity contribution in [3.05, 3.63) is 107 Å². The number of allylic oxidation sites excluding steroid dienone is 1. The van der Waals surface area contributed by atoms with Crippen LogP contribution >= 0.6 is 11.3 Å². The van der Waals surface area contributed by atoms with Gasteiger partial charge in [0.15, 0.2) is 16.7 Å². The molecule has 1 unspecified atom stereocenters. The second-order valence-electron chi connectivity index (χ2n) is 8.03. The van der Waals surface area contributed by atoms with Gasteiger partial charge >= 0.3 is 0 Å². The number of nitrogens with zero attached hydrogens (tertiary/aromatic N) is 2. The molecule has 180 valence electrons. The third kappa shape index (κ3) is 4.27. The molecule has 1 atom stereocenters. The molecule has 1 amide bonds. The summed E-state index contributed by atoms with van der Waals surface area (Å²) < 4.78 is 21.3.